The summed E-state index contributed by atoms with van der Waals surface area (Å²) >= 11 is 0.873. The van der Waals surface area contributed by atoms with Gasteiger partial charge in [0.2, 0.25) is 5.82 Å². The number of hydrogen-bond acceptors (Lipinski definition) is 4. The molecule has 0 unspecified atom stereocenters. The number of rotatable bonds is 5. The van der Waals surface area contributed by atoms with Crippen molar-refractivity contribution in [2.75, 3.05) is 5.32 Å². The van der Waals surface area contributed by atoms with Crippen molar-refractivity contribution in [3.05, 3.63) is 61.0 Å². The average Bonchev–Trinajstić information content (AvgIpc) is 2.66. The molecule has 1 amide bonds. The maximum atomic E-state index is 14.4. The maximum absolute atomic E-state index is 14.4. The monoisotopic (exact) mass is 638 g/mol. The molecule has 0 aliphatic heterocycles. The van der Waals surface area contributed by atoms with Crippen LogP contribution >= 0.6 is 22.6 Å². The van der Waals surface area contributed by atoms with E-state index < -0.39 is 78.9 Å². The molecule has 0 aromatic heterocycles. The van der Waals surface area contributed by atoms with Gasteiger partial charge in [0.15, 0.2) is 5.75 Å². The van der Waals surface area contributed by atoms with E-state index in [2.05, 4.69) is 4.74 Å². The summed E-state index contributed by atoms with van der Waals surface area (Å²) in [6.45, 7) is 0. The van der Waals surface area contributed by atoms with Gasteiger partial charge in [-0.05, 0) is 40.8 Å². The first-order chi connectivity index (χ1) is 15.7. The average molecular weight is 638 g/mol. The van der Waals surface area contributed by atoms with E-state index in [1.54, 1.807) is 5.32 Å². The van der Waals surface area contributed by atoms with E-state index in [4.69, 9.17) is 0 Å². The molecule has 2 aromatic carbocycles. The van der Waals surface area contributed by atoms with Crippen molar-refractivity contribution in [3.63, 3.8) is 0 Å². The zero-order valence-electron chi connectivity index (χ0n) is 16.0. The number of benzene rings is 2. The fourth-order valence-electron chi connectivity index (χ4n) is 2.61. The van der Waals surface area contributed by atoms with Crippen LogP contribution in [-0.2, 0) is 5.67 Å². The van der Waals surface area contributed by atoms with Crippen LogP contribution in [0.4, 0.5) is 59.7 Å². The number of nitro groups is 1. The quantitative estimate of drug-likeness (QED) is 0.170. The van der Waals surface area contributed by atoms with E-state index in [0.29, 0.717) is 12.1 Å². The lowest BCUT2D eigenvalue weighted by molar-refractivity contribution is -0.387. The summed E-state index contributed by atoms with van der Waals surface area (Å²) < 4.78 is 148. The van der Waals surface area contributed by atoms with Gasteiger partial charge < -0.3 is 10.1 Å². The summed E-state index contributed by atoms with van der Waals surface area (Å²) in [4.78, 5) is 21.9. The molecule has 0 aliphatic rings. The third kappa shape index (κ3) is 5.67. The fourth-order valence-corrected chi connectivity index (χ4v) is 3.35. The molecule has 0 heterocycles. The Morgan fingerprint density at radius 3 is 1.97 bits per heavy atom. The standard InChI is InChI=1S/C17H6F11IN2O4/c18-11-7(2-1-3-9(11)31(33)34)13(32)30-12-8(29)4-6(5-10(12)35-17(26,27)28)14(19,15(20,21)22)16(23,24)25/h1-5H,(H,30,32). The number of carbonyl (C=O) groups is 1. The molecule has 0 radical (unpaired) electrons. The van der Waals surface area contributed by atoms with Gasteiger partial charge in [0.25, 0.3) is 5.91 Å². The van der Waals surface area contributed by atoms with Crippen LogP contribution in [0, 0.1) is 19.5 Å². The Morgan fingerprint density at radius 2 is 1.51 bits per heavy atom. The van der Waals surface area contributed by atoms with Crippen molar-refractivity contribution in [2.24, 2.45) is 0 Å². The second-order valence-corrected chi connectivity index (χ2v) is 7.55. The van der Waals surface area contributed by atoms with Crippen LogP contribution in [0.5, 0.6) is 5.75 Å². The van der Waals surface area contributed by atoms with E-state index in [-0.39, 0.29) is 6.07 Å². The molecule has 2 rings (SSSR count). The number of hydrogen-bond donors (Lipinski definition) is 1. The van der Waals surface area contributed by atoms with Gasteiger partial charge in [0.1, 0.15) is 0 Å². The molecule has 0 bridgehead atoms. The fraction of sp³-hybridized carbons (Fsp3) is 0.235. The van der Waals surface area contributed by atoms with Crippen LogP contribution in [0.15, 0.2) is 30.3 Å². The van der Waals surface area contributed by atoms with Gasteiger partial charge in [0, 0.05) is 15.2 Å². The minimum Gasteiger partial charge on any atom is -0.404 e. The summed E-state index contributed by atoms with van der Waals surface area (Å²) in [5.41, 5.74) is -12.1. The summed E-state index contributed by atoms with van der Waals surface area (Å²) in [5, 5.41) is 12.3. The number of halogens is 12. The molecule has 0 atom stereocenters. The van der Waals surface area contributed by atoms with Crippen LogP contribution in [0.1, 0.15) is 15.9 Å². The Balaban J connectivity index is 2.71. The SMILES string of the molecule is O=C(Nc1c(I)cc(C(F)(C(F)(F)F)C(F)(F)F)cc1OC(F)(F)F)c1cccc([N+](=O)[O-])c1F. The smallest absolute Gasteiger partial charge is 0.404 e. The van der Waals surface area contributed by atoms with Crippen molar-refractivity contribution in [1.82, 2.24) is 0 Å². The van der Waals surface area contributed by atoms with Gasteiger partial charge in [-0.25, -0.2) is 4.39 Å². The largest absolute Gasteiger partial charge is 0.573 e. The third-order valence-electron chi connectivity index (χ3n) is 4.12. The third-order valence-corrected chi connectivity index (χ3v) is 4.97. The molecule has 0 saturated carbocycles. The first-order valence-corrected chi connectivity index (χ1v) is 9.45. The zero-order chi connectivity index (χ0) is 27.1. The second-order valence-electron chi connectivity index (χ2n) is 6.38. The van der Waals surface area contributed by atoms with Gasteiger partial charge in [-0.1, -0.05) is 6.07 Å². The Labute approximate surface area is 199 Å². The normalized spacial score (nSPS) is 12.9. The molecular formula is C17H6F11IN2O4. The van der Waals surface area contributed by atoms with Gasteiger partial charge in [-0.15, -0.1) is 13.2 Å². The topological polar surface area (TPSA) is 81.5 Å². The predicted octanol–water partition coefficient (Wildman–Crippen LogP) is 6.78. The molecule has 1 N–H and O–H groups in total. The van der Waals surface area contributed by atoms with Crippen molar-refractivity contribution in [1.29, 1.82) is 0 Å². The van der Waals surface area contributed by atoms with Crippen LogP contribution in [0.25, 0.3) is 0 Å². The molecule has 18 heteroatoms. The van der Waals surface area contributed by atoms with E-state index >= 15 is 0 Å². The van der Waals surface area contributed by atoms with E-state index in [1.807, 2.05) is 0 Å². The number of nitrogens with one attached hydrogen (secondary N) is 1. The van der Waals surface area contributed by atoms with E-state index in [0.717, 1.165) is 28.7 Å². The van der Waals surface area contributed by atoms with Crippen molar-refractivity contribution in [3.8, 4) is 5.75 Å². The Kier molecular flexibility index (Phi) is 7.49. The minimum atomic E-state index is -6.68. The molecule has 0 fully saturated rings. The summed E-state index contributed by atoms with van der Waals surface area (Å²) in [6, 6.07) is 1.32. The molecule has 0 saturated heterocycles. The Bertz CT molecular complexity index is 1150. The number of nitrogens with zero attached hydrogens (tertiary/aromatic N) is 1. The molecule has 35 heavy (non-hydrogen) atoms. The number of carbonyl (C=O) groups excluding carboxylic acids is 1. The highest BCUT2D eigenvalue weighted by atomic mass is 127. The van der Waals surface area contributed by atoms with Crippen LogP contribution in [0.3, 0.4) is 0 Å². The van der Waals surface area contributed by atoms with E-state index in [1.165, 1.54) is 0 Å². The van der Waals surface area contributed by atoms with Crippen LogP contribution in [-0.4, -0.2) is 29.5 Å². The molecule has 2 aromatic rings. The molecule has 192 valence electrons. The highest BCUT2D eigenvalue weighted by Gasteiger charge is 2.73. The molecule has 0 aliphatic carbocycles. The van der Waals surface area contributed by atoms with Gasteiger partial charge in [0.05, 0.1) is 16.2 Å². The van der Waals surface area contributed by atoms with E-state index in [9.17, 15) is 63.2 Å². The van der Waals surface area contributed by atoms with Gasteiger partial charge in [-0.2, -0.15) is 30.7 Å². The first-order valence-electron chi connectivity index (χ1n) is 8.37. The number of nitro benzene ring substituents is 1. The zero-order valence-corrected chi connectivity index (χ0v) is 18.2. The molecule has 0 spiro atoms. The second kappa shape index (κ2) is 9.26. The maximum Gasteiger partial charge on any atom is 0.573 e. The Morgan fingerprint density at radius 1 is 0.971 bits per heavy atom. The van der Waals surface area contributed by atoms with Crippen molar-refractivity contribution in [2.45, 2.75) is 24.4 Å². The predicted molar refractivity (Wildman–Crippen MR) is 102 cm³/mol. The number of ether oxygens (including phenoxy) is 1. The Hall–Kier alpha value is -2.93. The molecule has 6 nitrogen and oxygen atoms in total. The van der Waals surface area contributed by atoms with Crippen molar-refractivity contribution < 1.29 is 62.7 Å². The molecular weight excluding hydrogens is 632 g/mol. The lowest BCUT2D eigenvalue weighted by Gasteiger charge is -2.31. The van der Waals surface area contributed by atoms with Gasteiger partial charge in [-0.3, -0.25) is 14.9 Å². The number of anilines is 1. The lowest BCUT2D eigenvalue weighted by atomic mass is 9.93. The minimum absolute atomic E-state index is 0.163. The van der Waals surface area contributed by atoms with Gasteiger partial charge >= 0.3 is 30.1 Å². The highest BCUT2D eigenvalue weighted by Crippen LogP contribution is 2.54. The summed E-state index contributed by atoms with van der Waals surface area (Å²) in [6.07, 6.45) is -19.1. The van der Waals surface area contributed by atoms with Crippen molar-refractivity contribution >= 4 is 39.9 Å². The first kappa shape index (κ1) is 28.3. The summed E-state index contributed by atoms with van der Waals surface area (Å²) in [5.74, 6) is -5.35. The lowest BCUT2D eigenvalue weighted by Crippen LogP contribution is -2.50. The van der Waals surface area contributed by atoms with Crippen LogP contribution < -0.4 is 10.1 Å². The highest BCUT2D eigenvalue weighted by molar-refractivity contribution is 14.1. The summed E-state index contributed by atoms with van der Waals surface area (Å²) in [7, 11) is 0. The number of alkyl halides is 10. The number of amides is 1. The van der Waals surface area contributed by atoms with Crippen LogP contribution in [0.2, 0.25) is 0 Å².